The van der Waals surface area contributed by atoms with Gasteiger partial charge in [0, 0.05) is 4.47 Å². The molecule has 0 fully saturated rings. The molecule has 2 rings (SSSR count). The lowest BCUT2D eigenvalue weighted by molar-refractivity contribution is 0.111. The Bertz CT molecular complexity index is 667. The largest absolute Gasteiger partial charge is 0.488 e. The molecule has 0 bridgehead atoms. The number of ether oxygens (including phenoxy) is 1. The van der Waals surface area contributed by atoms with E-state index in [4.69, 9.17) is 4.74 Å². The van der Waals surface area contributed by atoms with Crippen molar-refractivity contribution in [2.45, 2.75) is 34.3 Å². The minimum atomic E-state index is 0.473. The highest BCUT2D eigenvalue weighted by Gasteiger charge is 2.11. The van der Waals surface area contributed by atoms with Crippen LogP contribution in [-0.4, -0.2) is 6.29 Å². The first-order valence-electron chi connectivity index (χ1n) is 6.87. The van der Waals surface area contributed by atoms with Gasteiger partial charge in [-0.3, -0.25) is 4.79 Å². The SMILES string of the molecule is Cc1cc(C)c(COc2c(C)cc(Br)cc2C=O)c(C)c1. The van der Waals surface area contributed by atoms with E-state index < -0.39 is 0 Å². The maximum atomic E-state index is 11.2. The number of benzene rings is 2. The first-order chi connectivity index (χ1) is 9.92. The molecule has 3 heteroatoms. The van der Waals surface area contributed by atoms with Crippen LogP contribution in [0, 0.1) is 27.7 Å². The van der Waals surface area contributed by atoms with Gasteiger partial charge in [-0.25, -0.2) is 0 Å². The van der Waals surface area contributed by atoms with E-state index in [2.05, 4.69) is 48.8 Å². The third kappa shape index (κ3) is 3.53. The third-order valence-electron chi connectivity index (χ3n) is 3.60. The molecule has 0 spiro atoms. The van der Waals surface area contributed by atoms with Crippen molar-refractivity contribution in [2.24, 2.45) is 0 Å². The van der Waals surface area contributed by atoms with E-state index in [0.717, 1.165) is 16.3 Å². The van der Waals surface area contributed by atoms with Crippen molar-refractivity contribution in [3.05, 3.63) is 62.1 Å². The molecule has 2 aromatic rings. The zero-order chi connectivity index (χ0) is 15.6. The molecule has 0 saturated carbocycles. The summed E-state index contributed by atoms with van der Waals surface area (Å²) in [6.07, 6.45) is 0.835. The van der Waals surface area contributed by atoms with Gasteiger partial charge in [-0.05, 0) is 62.1 Å². The lowest BCUT2D eigenvalue weighted by Gasteiger charge is -2.15. The molecule has 0 saturated heterocycles. The summed E-state index contributed by atoms with van der Waals surface area (Å²) in [5.41, 5.74) is 6.39. The summed E-state index contributed by atoms with van der Waals surface area (Å²) in [5.74, 6) is 0.660. The molecule has 0 atom stereocenters. The van der Waals surface area contributed by atoms with Crippen LogP contribution in [0.2, 0.25) is 0 Å². The van der Waals surface area contributed by atoms with Crippen LogP contribution in [0.25, 0.3) is 0 Å². The molecule has 0 radical (unpaired) electrons. The Morgan fingerprint density at radius 3 is 2.19 bits per heavy atom. The van der Waals surface area contributed by atoms with Gasteiger partial charge in [-0.2, -0.15) is 0 Å². The van der Waals surface area contributed by atoms with Gasteiger partial charge in [0.1, 0.15) is 12.4 Å². The van der Waals surface area contributed by atoms with E-state index in [0.29, 0.717) is 17.9 Å². The monoisotopic (exact) mass is 346 g/mol. The van der Waals surface area contributed by atoms with Crippen LogP contribution in [0.4, 0.5) is 0 Å². The Morgan fingerprint density at radius 1 is 1.00 bits per heavy atom. The quantitative estimate of drug-likeness (QED) is 0.722. The van der Waals surface area contributed by atoms with Crippen molar-refractivity contribution in [3.63, 3.8) is 0 Å². The standard InChI is InChI=1S/C18H19BrO2/c1-11-5-12(2)17(13(3)6-11)10-21-18-14(4)7-16(19)8-15(18)9-20/h5-9H,10H2,1-4H3. The highest BCUT2D eigenvalue weighted by molar-refractivity contribution is 9.10. The van der Waals surface area contributed by atoms with Crippen molar-refractivity contribution in [2.75, 3.05) is 0 Å². The predicted molar refractivity (Wildman–Crippen MR) is 89.3 cm³/mol. The van der Waals surface area contributed by atoms with Gasteiger partial charge in [-0.15, -0.1) is 0 Å². The van der Waals surface area contributed by atoms with Crippen LogP contribution in [-0.2, 0) is 6.61 Å². The van der Waals surface area contributed by atoms with Gasteiger partial charge in [0.25, 0.3) is 0 Å². The number of halogens is 1. The van der Waals surface area contributed by atoms with E-state index in [9.17, 15) is 4.79 Å². The van der Waals surface area contributed by atoms with Crippen LogP contribution in [0.1, 0.15) is 38.2 Å². The molecule has 110 valence electrons. The average Bonchev–Trinajstić information content (AvgIpc) is 2.38. The second kappa shape index (κ2) is 6.44. The first kappa shape index (κ1) is 15.8. The summed E-state index contributed by atoms with van der Waals surface area (Å²) in [6, 6.07) is 8.04. The zero-order valence-electron chi connectivity index (χ0n) is 12.8. The van der Waals surface area contributed by atoms with Crippen LogP contribution >= 0.6 is 15.9 Å². The van der Waals surface area contributed by atoms with Crippen molar-refractivity contribution in [1.29, 1.82) is 0 Å². The van der Waals surface area contributed by atoms with Crippen LogP contribution in [0.5, 0.6) is 5.75 Å². The predicted octanol–water partition coefficient (Wildman–Crippen LogP) is 5.07. The smallest absolute Gasteiger partial charge is 0.153 e. The van der Waals surface area contributed by atoms with Gasteiger partial charge in [0.15, 0.2) is 6.29 Å². The number of aldehydes is 1. The number of hydrogen-bond donors (Lipinski definition) is 0. The molecule has 0 aromatic heterocycles. The zero-order valence-corrected chi connectivity index (χ0v) is 14.4. The van der Waals surface area contributed by atoms with Crippen LogP contribution in [0.3, 0.4) is 0 Å². The Labute approximate surface area is 134 Å². The maximum absolute atomic E-state index is 11.2. The fourth-order valence-electron chi connectivity index (χ4n) is 2.62. The lowest BCUT2D eigenvalue weighted by atomic mass is 10.0. The summed E-state index contributed by atoms with van der Waals surface area (Å²) < 4.78 is 6.84. The number of aryl methyl sites for hydroxylation is 4. The molecular weight excluding hydrogens is 328 g/mol. The van der Waals surface area contributed by atoms with E-state index >= 15 is 0 Å². The summed E-state index contributed by atoms with van der Waals surface area (Å²) >= 11 is 3.40. The number of rotatable bonds is 4. The molecule has 0 aliphatic rings. The highest BCUT2D eigenvalue weighted by atomic mass is 79.9. The Morgan fingerprint density at radius 2 is 1.62 bits per heavy atom. The lowest BCUT2D eigenvalue weighted by Crippen LogP contribution is -2.04. The molecule has 2 aromatic carbocycles. The third-order valence-corrected chi connectivity index (χ3v) is 4.05. The average molecular weight is 347 g/mol. The van der Waals surface area contributed by atoms with Crippen molar-refractivity contribution < 1.29 is 9.53 Å². The molecule has 0 amide bonds. The summed E-state index contributed by atoms with van der Waals surface area (Å²) in [6.45, 7) is 8.69. The van der Waals surface area contributed by atoms with E-state index in [1.54, 1.807) is 6.07 Å². The number of hydrogen-bond acceptors (Lipinski definition) is 2. The Kier molecular flexibility index (Phi) is 4.84. The normalized spacial score (nSPS) is 10.5. The van der Waals surface area contributed by atoms with Gasteiger partial charge in [0.05, 0.1) is 5.56 Å². The van der Waals surface area contributed by atoms with Crippen molar-refractivity contribution in [3.8, 4) is 5.75 Å². The minimum absolute atomic E-state index is 0.473. The molecule has 0 heterocycles. The fourth-order valence-corrected chi connectivity index (χ4v) is 3.21. The molecule has 0 aliphatic carbocycles. The topological polar surface area (TPSA) is 26.3 Å². The van der Waals surface area contributed by atoms with Gasteiger partial charge in [0.2, 0.25) is 0 Å². The number of carbonyl (C=O) groups is 1. The summed E-state index contributed by atoms with van der Waals surface area (Å²) in [5, 5.41) is 0. The Hall–Kier alpha value is -1.61. The molecule has 0 N–H and O–H groups in total. The fraction of sp³-hybridized carbons (Fsp3) is 0.278. The molecule has 0 aliphatic heterocycles. The van der Waals surface area contributed by atoms with Gasteiger partial charge in [-0.1, -0.05) is 33.6 Å². The second-order valence-corrected chi connectivity index (χ2v) is 6.34. The summed E-state index contributed by atoms with van der Waals surface area (Å²) in [4.78, 5) is 11.2. The van der Waals surface area contributed by atoms with E-state index in [1.807, 2.05) is 13.0 Å². The van der Waals surface area contributed by atoms with Gasteiger partial charge >= 0.3 is 0 Å². The molecule has 21 heavy (non-hydrogen) atoms. The van der Waals surface area contributed by atoms with Crippen LogP contribution < -0.4 is 4.74 Å². The maximum Gasteiger partial charge on any atom is 0.153 e. The molecular formula is C18H19BrO2. The Balaban J connectivity index is 2.31. The highest BCUT2D eigenvalue weighted by Crippen LogP contribution is 2.28. The van der Waals surface area contributed by atoms with E-state index in [1.165, 1.54) is 22.3 Å². The minimum Gasteiger partial charge on any atom is -0.488 e. The van der Waals surface area contributed by atoms with Crippen molar-refractivity contribution >= 4 is 22.2 Å². The molecule has 0 unspecified atom stereocenters. The van der Waals surface area contributed by atoms with Crippen molar-refractivity contribution in [1.82, 2.24) is 0 Å². The first-order valence-corrected chi connectivity index (χ1v) is 7.66. The summed E-state index contributed by atoms with van der Waals surface area (Å²) in [7, 11) is 0. The number of carbonyl (C=O) groups excluding carboxylic acids is 1. The van der Waals surface area contributed by atoms with Gasteiger partial charge < -0.3 is 4.74 Å². The second-order valence-electron chi connectivity index (χ2n) is 5.42. The van der Waals surface area contributed by atoms with Crippen LogP contribution in [0.15, 0.2) is 28.7 Å². The van der Waals surface area contributed by atoms with E-state index in [-0.39, 0.29) is 0 Å². The molecule has 2 nitrogen and oxygen atoms in total.